The molecule has 1 N–H and O–H groups in total. The zero-order chi connectivity index (χ0) is 16.8. The molecule has 0 spiro atoms. The van der Waals surface area contributed by atoms with Crippen LogP contribution in [0.5, 0.6) is 0 Å². The van der Waals surface area contributed by atoms with Gasteiger partial charge in [0.2, 0.25) is 5.91 Å². The summed E-state index contributed by atoms with van der Waals surface area (Å²) in [6, 6.07) is 16.3. The fraction of sp³-hybridized carbons (Fsp3) is 0.111. The van der Waals surface area contributed by atoms with Crippen LogP contribution in [0.4, 0.5) is 0 Å². The maximum Gasteiger partial charge on any atom is 0.267 e. The zero-order valence-corrected chi connectivity index (χ0v) is 12.9. The molecule has 0 atom stereocenters. The van der Waals surface area contributed by atoms with E-state index in [9.17, 15) is 9.59 Å². The van der Waals surface area contributed by atoms with Crippen molar-refractivity contribution in [1.29, 1.82) is 0 Å². The van der Waals surface area contributed by atoms with Crippen LogP contribution in [0.25, 0.3) is 11.3 Å². The standard InChI is InChI=1S/C18H16N4O2/c23-17(20-12-14-5-4-10-19-11-14)13-22-18(24)9-8-16(21-22)15-6-2-1-3-7-15/h1-11H,12-13H2,(H,20,23). The third kappa shape index (κ3) is 3.92. The van der Waals surface area contributed by atoms with Crippen molar-refractivity contribution < 1.29 is 4.79 Å². The van der Waals surface area contributed by atoms with E-state index in [0.717, 1.165) is 11.1 Å². The topological polar surface area (TPSA) is 76.9 Å². The van der Waals surface area contributed by atoms with Crippen LogP contribution < -0.4 is 10.9 Å². The average Bonchev–Trinajstić information content (AvgIpc) is 2.63. The van der Waals surface area contributed by atoms with Gasteiger partial charge in [-0.05, 0) is 17.7 Å². The molecule has 3 aromatic rings. The highest BCUT2D eigenvalue weighted by molar-refractivity contribution is 5.75. The number of amides is 1. The number of carbonyl (C=O) groups is 1. The van der Waals surface area contributed by atoms with Crippen molar-refractivity contribution in [1.82, 2.24) is 20.1 Å². The Balaban J connectivity index is 1.70. The fourth-order valence-electron chi connectivity index (χ4n) is 2.22. The molecule has 120 valence electrons. The van der Waals surface area contributed by atoms with E-state index in [4.69, 9.17) is 0 Å². The average molecular weight is 320 g/mol. The molecule has 3 rings (SSSR count). The first-order valence-corrected chi connectivity index (χ1v) is 7.51. The predicted octanol–water partition coefficient (Wildman–Crippen LogP) is 1.62. The van der Waals surface area contributed by atoms with E-state index < -0.39 is 0 Å². The first-order valence-electron chi connectivity index (χ1n) is 7.51. The molecule has 0 saturated carbocycles. The van der Waals surface area contributed by atoms with Crippen LogP contribution in [0, 0.1) is 0 Å². The van der Waals surface area contributed by atoms with Crippen LogP contribution in [0.2, 0.25) is 0 Å². The molecule has 0 aliphatic heterocycles. The summed E-state index contributed by atoms with van der Waals surface area (Å²) in [6.45, 7) is 0.236. The number of nitrogens with one attached hydrogen (secondary N) is 1. The van der Waals surface area contributed by atoms with Gasteiger partial charge in [0.1, 0.15) is 6.54 Å². The van der Waals surface area contributed by atoms with Crippen molar-refractivity contribution in [3.05, 3.63) is 82.9 Å². The Bertz CT molecular complexity index is 876. The Hall–Kier alpha value is -3.28. The molecule has 2 aromatic heterocycles. The highest BCUT2D eigenvalue weighted by atomic mass is 16.2. The lowest BCUT2D eigenvalue weighted by atomic mass is 10.1. The minimum atomic E-state index is -0.314. The molecule has 6 heteroatoms. The van der Waals surface area contributed by atoms with E-state index in [2.05, 4.69) is 15.4 Å². The van der Waals surface area contributed by atoms with Gasteiger partial charge in [-0.1, -0.05) is 36.4 Å². The highest BCUT2D eigenvalue weighted by Crippen LogP contribution is 2.13. The minimum absolute atomic E-state index is 0.125. The lowest BCUT2D eigenvalue weighted by molar-refractivity contribution is -0.122. The van der Waals surface area contributed by atoms with Crippen LogP contribution in [0.15, 0.2) is 71.8 Å². The van der Waals surface area contributed by atoms with Gasteiger partial charge < -0.3 is 5.32 Å². The molecule has 0 saturated heterocycles. The van der Waals surface area contributed by atoms with Gasteiger partial charge in [-0.15, -0.1) is 0 Å². The Morgan fingerprint density at radius 3 is 2.62 bits per heavy atom. The zero-order valence-electron chi connectivity index (χ0n) is 12.9. The van der Waals surface area contributed by atoms with Crippen LogP contribution in [0.3, 0.4) is 0 Å². The lowest BCUT2D eigenvalue weighted by Crippen LogP contribution is -2.33. The van der Waals surface area contributed by atoms with E-state index in [0.29, 0.717) is 12.2 Å². The van der Waals surface area contributed by atoms with Crippen LogP contribution in [-0.4, -0.2) is 20.7 Å². The minimum Gasteiger partial charge on any atom is -0.350 e. The van der Waals surface area contributed by atoms with Gasteiger partial charge >= 0.3 is 0 Å². The number of pyridine rings is 1. The number of carbonyl (C=O) groups excluding carboxylic acids is 1. The van der Waals surface area contributed by atoms with E-state index in [1.165, 1.54) is 10.7 Å². The molecule has 0 bridgehead atoms. The second-order valence-corrected chi connectivity index (χ2v) is 5.22. The first kappa shape index (κ1) is 15.6. The molecule has 6 nitrogen and oxygen atoms in total. The monoisotopic (exact) mass is 320 g/mol. The number of hydrogen-bond acceptors (Lipinski definition) is 4. The van der Waals surface area contributed by atoms with Crippen LogP contribution in [0.1, 0.15) is 5.56 Å². The number of rotatable bonds is 5. The summed E-state index contributed by atoms with van der Waals surface area (Å²) in [6.07, 6.45) is 3.35. The van der Waals surface area contributed by atoms with Gasteiger partial charge in [0.25, 0.3) is 5.56 Å². The SMILES string of the molecule is O=C(Cn1nc(-c2ccccc2)ccc1=O)NCc1cccnc1. The van der Waals surface area contributed by atoms with E-state index in [-0.39, 0.29) is 18.0 Å². The Labute approximate surface area is 138 Å². The second-order valence-electron chi connectivity index (χ2n) is 5.22. The van der Waals surface area contributed by atoms with Crippen molar-refractivity contribution in [2.45, 2.75) is 13.1 Å². The first-order chi connectivity index (χ1) is 11.7. The molecule has 0 unspecified atom stereocenters. The van der Waals surface area contributed by atoms with Gasteiger partial charge in [-0.25, -0.2) is 4.68 Å². The van der Waals surface area contributed by atoms with Crippen molar-refractivity contribution in [2.24, 2.45) is 0 Å². The molecule has 0 aliphatic rings. The molecule has 0 aliphatic carbocycles. The summed E-state index contributed by atoms with van der Waals surface area (Å²) in [4.78, 5) is 28.0. The van der Waals surface area contributed by atoms with Gasteiger partial charge in [-0.3, -0.25) is 14.6 Å². The van der Waals surface area contributed by atoms with Crippen LogP contribution >= 0.6 is 0 Å². The Kier molecular flexibility index (Phi) is 4.76. The van der Waals surface area contributed by atoms with E-state index in [1.807, 2.05) is 36.4 Å². The molecule has 0 radical (unpaired) electrons. The number of hydrogen-bond donors (Lipinski definition) is 1. The third-order valence-corrected chi connectivity index (χ3v) is 3.44. The maximum atomic E-state index is 12.1. The van der Waals surface area contributed by atoms with Crippen molar-refractivity contribution in [3.8, 4) is 11.3 Å². The maximum absolute atomic E-state index is 12.1. The third-order valence-electron chi connectivity index (χ3n) is 3.44. The molecular formula is C18H16N4O2. The van der Waals surface area contributed by atoms with Gasteiger partial charge in [-0.2, -0.15) is 5.10 Å². The van der Waals surface area contributed by atoms with E-state index >= 15 is 0 Å². The smallest absolute Gasteiger partial charge is 0.267 e. The number of benzene rings is 1. The van der Waals surface area contributed by atoms with Crippen molar-refractivity contribution in [3.63, 3.8) is 0 Å². The lowest BCUT2D eigenvalue weighted by Gasteiger charge is -2.08. The van der Waals surface area contributed by atoms with Crippen molar-refractivity contribution in [2.75, 3.05) is 0 Å². The largest absolute Gasteiger partial charge is 0.350 e. The van der Waals surface area contributed by atoms with Gasteiger partial charge in [0, 0.05) is 30.6 Å². The Morgan fingerprint density at radius 2 is 1.88 bits per heavy atom. The quantitative estimate of drug-likeness (QED) is 0.775. The predicted molar refractivity (Wildman–Crippen MR) is 90.0 cm³/mol. The van der Waals surface area contributed by atoms with Crippen molar-refractivity contribution >= 4 is 5.91 Å². The molecule has 1 aromatic carbocycles. The second kappa shape index (κ2) is 7.32. The highest BCUT2D eigenvalue weighted by Gasteiger charge is 2.08. The fourth-order valence-corrected chi connectivity index (χ4v) is 2.22. The molecule has 1 amide bonds. The summed E-state index contributed by atoms with van der Waals surface area (Å²) >= 11 is 0. The van der Waals surface area contributed by atoms with Gasteiger partial charge in [0.05, 0.1) is 5.69 Å². The summed E-state index contributed by atoms with van der Waals surface area (Å²) in [7, 11) is 0. The summed E-state index contributed by atoms with van der Waals surface area (Å²) in [5, 5.41) is 7.02. The van der Waals surface area contributed by atoms with Gasteiger partial charge in [0.15, 0.2) is 0 Å². The Morgan fingerprint density at radius 1 is 1.04 bits per heavy atom. The molecule has 0 fully saturated rings. The van der Waals surface area contributed by atoms with Crippen LogP contribution in [-0.2, 0) is 17.9 Å². The normalized spacial score (nSPS) is 10.3. The summed E-state index contributed by atoms with van der Waals surface area (Å²) < 4.78 is 1.17. The number of nitrogens with zero attached hydrogens (tertiary/aromatic N) is 3. The van der Waals surface area contributed by atoms with E-state index in [1.54, 1.807) is 24.5 Å². The molecule has 24 heavy (non-hydrogen) atoms. The molecular weight excluding hydrogens is 304 g/mol. The summed E-state index contributed by atoms with van der Waals surface area (Å²) in [5.74, 6) is -0.279. The molecule has 2 heterocycles. The summed E-state index contributed by atoms with van der Waals surface area (Å²) in [5.41, 5.74) is 2.12. The number of aromatic nitrogens is 3.